The molecule has 0 spiro atoms. The summed E-state index contributed by atoms with van der Waals surface area (Å²) in [5.41, 5.74) is 2.24. The monoisotopic (exact) mass is 433 g/mol. The zero-order valence-corrected chi connectivity index (χ0v) is 16.6. The van der Waals surface area contributed by atoms with Crippen LogP contribution in [0.2, 0.25) is 0 Å². The molecule has 142 valence electrons. The van der Waals surface area contributed by atoms with Gasteiger partial charge in [-0.2, -0.15) is 0 Å². The summed E-state index contributed by atoms with van der Waals surface area (Å²) in [7, 11) is 0. The van der Waals surface area contributed by atoms with E-state index in [9.17, 15) is 14.0 Å². The second-order valence-corrected chi connectivity index (χ2v) is 7.39. The van der Waals surface area contributed by atoms with E-state index in [1.807, 2.05) is 25.1 Å². The molecule has 3 amide bonds. The van der Waals surface area contributed by atoms with Gasteiger partial charge in [0.25, 0.3) is 5.91 Å². The Balaban J connectivity index is 1.60. The lowest BCUT2D eigenvalue weighted by Gasteiger charge is -2.22. The van der Waals surface area contributed by atoms with E-state index < -0.39 is 0 Å². The summed E-state index contributed by atoms with van der Waals surface area (Å²) in [5, 5.41) is 2.91. The summed E-state index contributed by atoms with van der Waals surface area (Å²) in [6.07, 6.45) is 0.694. The summed E-state index contributed by atoms with van der Waals surface area (Å²) in [6, 6.07) is 11.0. The minimum Gasteiger partial charge on any atom is -0.337 e. The summed E-state index contributed by atoms with van der Waals surface area (Å²) in [4.78, 5) is 28.6. The molecule has 5 nitrogen and oxygen atoms in total. The number of urea groups is 1. The Bertz CT molecular complexity index is 842. The van der Waals surface area contributed by atoms with Crippen molar-refractivity contribution >= 4 is 33.6 Å². The molecule has 0 saturated carbocycles. The number of benzene rings is 2. The summed E-state index contributed by atoms with van der Waals surface area (Å²) in [6.45, 7) is 4.01. The van der Waals surface area contributed by atoms with Gasteiger partial charge in [-0.1, -0.05) is 15.9 Å². The van der Waals surface area contributed by atoms with Gasteiger partial charge in [0.2, 0.25) is 0 Å². The van der Waals surface area contributed by atoms with E-state index in [-0.39, 0.29) is 17.8 Å². The van der Waals surface area contributed by atoms with Crippen LogP contribution >= 0.6 is 15.9 Å². The fraction of sp³-hybridized carbons (Fsp3) is 0.300. The Hall–Kier alpha value is -2.41. The van der Waals surface area contributed by atoms with Gasteiger partial charge in [0.05, 0.1) is 0 Å². The summed E-state index contributed by atoms with van der Waals surface area (Å²) >= 11 is 3.44. The first-order chi connectivity index (χ1) is 12.9. The first-order valence-electron chi connectivity index (χ1n) is 8.81. The predicted octanol–water partition coefficient (Wildman–Crippen LogP) is 4.28. The highest BCUT2D eigenvalue weighted by atomic mass is 79.9. The quantitative estimate of drug-likeness (QED) is 0.768. The van der Waals surface area contributed by atoms with E-state index in [2.05, 4.69) is 21.2 Å². The largest absolute Gasteiger partial charge is 0.337 e. The van der Waals surface area contributed by atoms with Gasteiger partial charge >= 0.3 is 6.03 Å². The number of nitrogens with zero attached hydrogens (tertiary/aromatic N) is 2. The smallest absolute Gasteiger partial charge is 0.321 e. The molecule has 0 unspecified atom stereocenters. The number of halogens is 2. The van der Waals surface area contributed by atoms with Gasteiger partial charge in [0.1, 0.15) is 5.82 Å². The van der Waals surface area contributed by atoms with Gasteiger partial charge in [-0.25, -0.2) is 9.18 Å². The van der Waals surface area contributed by atoms with E-state index in [4.69, 9.17) is 0 Å². The van der Waals surface area contributed by atoms with Crippen molar-refractivity contribution in [2.75, 3.05) is 31.5 Å². The summed E-state index contributed by atoms with van der Waals surface area (Å²) in [5.74, 6) is -0.505. The third-order valence-electron chi connectivity index (χ3n) is 4.57. The standard InChI is InChI=1S/C20H21BrFN3O2/c1-14-13-17(7-8-18(14)21)23-20(27)25-10-2-9-24(11-12-25)19(26)15-3-5-16(22)6-4-15/h3-8,13H,2,9-12H2,1H3,(H,23,27). The average molecular weight is 434 g/mol. The van der Waals surface area contributed by atoms with Gasteiger partial charge in [-0.05, 0) is 61.4 Å². The fourth-order valence-electron chi connectivity index (χ4n) is 3.02. The Labute approximate surface area is 166 Å². The molecule has 0 bridgehead atoms. The van der Waals surface area contributed by atoms with Crippen molar-refractivity contribution in [2.24, 2.45) is 0 Å². The minimum atomic E-state index is -0.367. The van der Waals surface area contributed by atoms with Crippen molar-refractivity contribution in [2.45, 2.75) is 13.3 Å². The maximum Gasteiger partial charge on any atom is 0.321 e. The van der Waals surface area contributed by atoms with Crippen molar-refractivity contribution in [1.29, 1.82) is 0 Å². The van der Waals surface area contributed by atoms with Gasteiger partial charge in [-0.3, -0.25) is 4.79 Å². The van der Waals surface area contributed by atoms with Crippen LogP contribution in [0.4, 0.5) is 14.9 Å². The van der Waals surface area contributed by atoms with Crippen LogP contribution in [0.5, 0.6) is 0 Å². The lowest BCUT2D eigenvalue weighted by molar-refractivity contribution is 0.0762. The predicted molar refractivity (Wildman–Crippen MR) is 106 cm³/mol. The topological polar surface area (TPSA) is 52.7 Å². The molecule has 2 aromatic carbocycles. The van der Waals surface area contributed by atoms with Crippen LogP contribution in [0, 0.1) is 12.7 Å². The Morgan fingerprint density at radius 3 is 2.37 bits per heavy atom. The number of carbonyl (C=O) groups excluding carboxylic acids is 2. The third-order valence-corrected chi connectivity index (χ3v) is 5.46. The Morgan fingerprint density at radius 1 is 1.00 bits per heavy atom. The molecule has 27 heavy (non-hydrogen) atoms. The molecule has 3 rings (SSSR count). The average Bonchev–Trinajstić information content (AvgIpc) is 2.91. The number of nitrogens with one attached hydrogen (secondary N) is 1. The first-order valence-corrected chi connectivity index (χ1v) is 9.60. The maximum atomic E-state index is 13.0. The van der Waals surface area contributed by atoms with Crippen LogP contribution in [0.3, 0.4) is 0 Å². The van der Waals surface area contributed by atoms with Crippen molar-refractivity contribution in [1.82, 2.24) is 9.80 Å². The third kappa shape index (κ3) is 4.86. The van der Waals surface area contributed by atoms with Crippen LogP contribution in [-0.2, 0) is 0 Å². The molecular formula is C20H21BrFN3O2. The van der Waals surface area contributed by atoms with E-state index in [0.717, 1.165) is 15.7 Å². The van der Waals surface area contributed by atoms with Crippen LogP contribution in [0.15, 0.2) is 46.9 Å². The number of anilines is 1. The van der Waals surface area contributed by atoms with E-state index in [1.165, 1.54) is 24.3 Å². The number of hydrogen-bond acceptors (Lipinski definition) is 2. The molecule has 2 aromatic rings. The van der Waals surface area contributed by atoms with Crippen molar-refractivity contribution in [3.8, 4) is 0 Å². The van der Waals surface area contributed by atoms with Gasteiger partial charge < -0.3 is 15.1 Å². The molecule has 1 aliphatic rings. The Morgan fingerprint density at radius 2 is 1.67 bits per heavy atom. The lowest BCUT2D eigenvalue weighted by Crippen LogP contribution is -2.39. The molecule has 1 N–H and O–H groups in total. The van der Waals surface area contributed by atoms with Gasteiger partial charge in [-0.15, -0.1) is 0 Å². The molecule has 1 aliphatic heterocycles. The number of rotatable bonds is 2. The summed E-state index contributed by atoms with van der Waals surface area (Å²) < 4.78 is 14.0. The maximum absolute atomic E-state index is 13.0. The molecule has 7 heteroatoms. The van der Waals surface area contributed by atoms with E-state index in [0.29, 0.717) is 38.2 Å². The molecular weight excluding hydrogens is 413 g/mol. The second-order valence-electron chi connectivity index (χ2n) is 6.53. The molecule has 0 aromatic heterocycles. The zero-order valence-electron chi connectivity index (χ0n) is 15.0. The SMILES string of the molecule is Cc1cc(NC(=O)N2CCCN(C(=O)c3ccc(F)cc3)CC2)ccc1Br. The Kier molecular flexibility index (Phi) is 6.11. The molecule has 0 radical (unpaired) electrons. The number of amides is 3. The highest BCUT2D eigenvalue weighted by Crippen LogP contribution is 2.20. The molecule has 1 fully saturated rings. The number of aryl methyl sites for hydroxylation is 1. The normalized spacial score (nSPS) is 14.6. The van der Waals surface area contributed by atoms with Crippen molar-refractivity contribution in [3.63, 3.8) is 0 Å². The highest BCUT2D eigenvalue weighted by molar-refractivity contribution is 9.10. The van der Waals surface area contributed by atoms with Crippen LogP contribution in [0.1, 0.15) is 22.3 Å². The van der Waals surface area contributed by atoms with Crippen molar-refractivity contribution < 1.29 is 14.0 Å². The van der Waals surface area contributed by atoms with Crippen LogP contribution in [0.25, 0.3) is 0 Å². The van der Waals surface area contributed by atoms with Gasteiger partial charge in [0, 0.05) is 41.9 Å². The van der Waals surface area contributed by atoms with E-state index in [1.54, 1.807) is 9.80 Å². The minimum absolute atomic E-state index is 0.138. The molecule has 0 atom stereocenters. The molecule has 1 heterocycles. The first kappa shape index (κ1) is 19.4. The van der Waals surface area contributed by atoms with Crippen LogP contribution < -0.4 is 5.32 Å². The fourth-order valence-corrected chi connectivity index (χ4v) is 3.27. The zero-order chi connectivity index (χ0) is 19.4. The van der Waals surface area contributed by atoms with E-state index >= 15 is 0 Å². The van der Waals surface area contributed by atoms with Crippen molar-refractivity contribution in [3.05, 3.63) is 63.9 Å². The molecule has 1 saturated heterocycles. The number of carbonyl (C=O) groups is 2. The molecule has 0 aliphatic carbocycles. The number of hydrogen-bond donors (Lipinski definition) is 1. The lowest BCUT2D eigenvalue weighted by atomic mass is 10.2. The van der Waals surface area contributed by atoms with Crippen LogP contribution in [-0.4, -0.2) is 47.9 Å². The second kappa shape index (κ2) is 8.52. The highest BCUT2D eigenvalue weighted by Gasteiger charge is 2.23. The van der Waals surface area contributed by atoms with Gasteiger partial charge in [0.15, 0.2) is 0 Å².